The zero-order valence-electron chi connectivity index (χ0n) is 16.6. The maximum absolute atomic E-state index is 10.2. The van der Waals surface area contributed by atoms with Crippen molar-refractivity contribution >= 4 is 17.2 Å². The number of aryl methyl sites for hydroxylation is 1. The average Bonchev–Trinajstić information content (AvgIpc) is 3.27. The molecule has 4 rings (SSSR count). The summed E-state index contributed by atoms with van der Waals surface area (Å²) in [6, 6.07) is 2.28. The molecule has 0 unspecified atom stereocenters. The van der Waals surface area contributed by atoms with Crippen LogP contribution < -0.4 is 9.80 Å². The molecule has 0 aliphatic carbocycles. The number of aliphatic hydroxyl groups is 1. The molecule has 0 spiro atoms. The van der Waals surface area contributed by atoms with Crippen molar-refractivity contribution in [3.63, 3.8) is 0 Å². The van der Waals surface area contributed by atoms with E-state index >= 15 is 0 Å². The van der Waals surface area contributed by atoms with Gasteiger partial charge in [0.1, 0.15) is 18.0 Å². The van der Waals surface area contributed by atoms with Crippen LogP contribution in [0.5, 0.6) is 0 Å². The Bertz CT molecular complexity index is 849. The summed E-state index contributed by atoms with van der Waals surface area (Å²) in [6.07, 6.45) is 5.08. The number of likely N-dealkylation sites (N-methyl/N-ethyl adjacent to an activating group) is 1. The van der Waals surface area contributed by atoms with Crippen molar-refractivity contribution in [2.75, 3.05) is 50.1 Å². The van der Waals surface area contributed by atoms with Gasteiger partial charge in [-0.2, -0.15) is 0 Å². The van der Waals surface area contributed by atoms with Gasteiger partial charge in [-0.05, 0) is 42.9 Å². The van der Waals surface area contributed by atoms with E-state index in [9.17, 15) is 5.11 Å². The maximum atomic E-state index is 10.2. The van der Waals surface area contributed by atoms with Gasteiger partial charge < -0.3 is 19.8 Å². The Balaban J connectivity index is 1.50. The van der Waals surface area contributed by atoms with Crippen molar-refractivity contribution in [1.82, 2.24) is 35.1 Å². The molecule has 2 aromatic heterocycles. The summed E-state index contributed by atoms with van der Waals surface area (Å²) >= 11 is 0. The molecule has 0 saturated carbocycles. The second-order valence-electron chi connectivity index (χ2n) is 7.74. The lowest BCUT2D eigenvalue weighted by Crippen LogP contribution is -2.38. The monoisotopic (exact) mass is 385 g/mol. The Morgan fingerprint density at radius 3 is 2.75 bits per heavy atom. The number of nitrogens with zero attached hydrogens (tertiary/aromatic N) is 9. The molecule has 10 nitrogen and oxygen atoms in total. The number of anilines is 2. The van der Waals surface area contributed by atoms with E-state index in [0.717, 1.165) is 55.5 Å². The Labute approximate surface area is 164 Å². The number of tetrazole rings is 1. The minimum absolute atomic E-state index is 0.254. The van der Waals surface area contributed by atoms with Crippen LogP contribution in [-0.2, 0) is 7.05 Å². The van der Waals surface area contributed by atoms with Crippen molar-refractivity contribution in [3.8, 4) is 0 Å². The first-order valence-corrected chi connectivity index (χ1v) is 9.59. The third kappa shape index (κ3) is 3.83. The molecule has 150 valence electrons. The zero-order chi connectivity index (χ0) is 19.7. The van der Waals surface area contributed by atoms with Crippen LogP contribution in [0.1, 0.15) is 18.7 Å². The van der Waals surface area contributed by atoms with Crippen LogP contribution in [0.2, 0.25) is 0 Å². The van der Waals surface area contributed by atoms with E-state index in [1.54, 1.807) is 11.0 Å². The summed E-state index contributed by atoms with van der Waals surface area (Å²) in [5.74, 6) is 2.60. The number of rotatable bonds is 5. The number of β-amino-alcohol motifs (C(OH)–C–C–N with tert-alkyl or cyclic N) is 1. The molecular weight excluding hydrogens is 358 g/mol. The molecule has 1 fully saturated rings. The molecule has 0 radical (unpaired) electrons. The topological polar surface area (TPSA) is 99.3 Å². The van der Waals surface area contributed by atoms with E-state index in [2.05, 4.69) is 60.4 Å². The second-order valence-corrected chi connectivity index (χ2v) is 7.74. The van der Waals surface area contributed by atoms with Crippen LogP contribution >= 0.6 is 0 Å². The van der Waals surface area contributed by atoms with Gasteiger partial charge in [0.15, 0.2) is 5.82 Å². The summed E-state index contributed by atoms with van der Waals surface area (Å²) in [4.78, 5) is 15.6. The molecule has 1 N–H and O–H groups in total. The first-order valence-electron chi connectivity index (χ1n) is 9.59. The van der Waals surface area contributed by atoms with Gasteiger partial charge >= 0.3 is 0 Å². The summed E-state index contributed by atoms with van der Waals surface area (Å²) in [6.45, 7) is 3.09. The number of aromatic nitrogens is 6. The Hall–Kier alpha value is -2.59. The van der Waals surface area contributed by atoms with Crippen LogP contribution in [-0.4, -0.2) is 92.6 Å². The van der Waals surface area contributed by atoms with Crippen LogP contribution in [0.4, 0.5) is 11.6 Å². The molecular formula is C18H27N9O. The molecule has 10 heteroatoms. The van der Waals surface area contributed by atoms with Crippen LogP contribution in [0.15, 0.2) is 18.5 Å². The first-order chi connectivity index (χ1) is 13.5. The largest absolute Gasteiger partial charge is 0.391 e. The van der Waals surface area contributed by atoms with Crippen molar-refractivity contribution < 1.29 is 5.11 Å². The van der Waals surface area contributed by atoms with Crippen molar-refractivity contribution in [1.29, 1.82) is 0 Å². The highest BCUT2D eigenvalue weighted by molar-refractivity contribution is 5.64. The predicted molar refractivity (Wildman–Crippen MR) is 106 cm³/mol. The fraction of sp³-hybridized carbons (Fsp3) is 0.611. The molecule has 4 heterocycles. The third-order valence-electron chi connectivity index (χ3n) is 5.34. The molecule has 2 aliphatic heterocycles. The van der Waals surface area contributed by atoms with Crippen molar-refractivity contribution in [2.45, 2.75) is 25.0 Å². The van der Waals surface area contributed by atoms with Gasteiger partial charge in [0, 0.05) is 45.3 Å². The van der Waals surface area contributed by atoms with Gasteiger partial charge in [-0.25, -0.2) is 14.6 Å². The lowest BCUT2D eigenvalue weighted by atomic mass is 10.1. The fourth-order valence-electron chi connectivity index (χ4n) is 4.02. The summed E-state index contributed by atoms with van der Waals surface area (Å²) < 4.78 is 1.70. The van der Waals surface area contributed by atoms with Gasteiger partial charge in [-0.15, -0.1) is 5.10 Å². The van der Waals surface area contributed by atoms with E-state index in [1.165, 1.54) is 0 Å². The average molecular weight is 385 g/mol. The van der Waals surface area contributed by atoms with Crippen LogP contribution in [0, 0.1) is 0 Å². The van der Waals surface area contributed by atoms with E-state index in [4.69, 9.17) is 0 Å². The van der Waals surface area contributed by atoms with Crippen molar-refractivity contribution in [2.24, 2.45) is 7.05 Å². The highest BCUT2D eigenvalue weighted by Crippen LogP contribution is 2.28. The van der Waals surface area contributed by atoms with Gasteiger partial charge in [-0.1, -0.05) is 6.08 Å². The Morgan fingerprint density at radius 2 is 2.07 bits per heavy atom. The SMILES string of the molecule is CN(C)C[C@H]1C[C@@H](O)CN1c1cc(N2CC=C(c3nnnn3C)CC2)ncn1. The Morgan fingerprint density at radius 1 is 1.25 bits per heavy atom. The van der Waals surface area contributed by atoms with E-state index in [0.29, 0.717) is 6.54 Å². The minimum atomic E-state index is -0.316. The first kappa shape index (κ1) is 18.8. The molecule has 0 bridgehead atoms. The normalized spacial score (nSPS) is 22.8. The Kier molecular flexibility index (Phi) is 5.23. The molecule has 2 atom stereocenters. The lowest BCUT2D eigenvalue weighted by Gasteiger charge is -2.30. The number of hydrogen-bond acceptors (Lipinski definition) is 9. The highest BCUT2D eigenvalue weighted by Gasteiger charge is 2.32. The fourth-order valence-corrected chi connectivity index (χ4v) is 4.02. The molecule has 28 heavy (non-hydrogen) atoms. The standard InChI is InChI=1S/C18H27N9O/c1-24(2)10-14-8-15(28)11-27(14)17-9-16(19-12-20-17)26-6-4-13(5-7-26)18-21-22-23-25(18)3/h4,9,12,14-15,28H,5-8,10-11H2,1-3H3/t14-,15-/m1/s1. The second kappa shape index (κ2) is 7.80. The van der Waals surface area contributed by atoms with Gasteiger partial charge in [0.25, 0.3) is 0 Å². The molecule has 0 aromatic carbocycles. The maximum Gasteiger partial charge on any atom is 0.177 e. The van der Waals surface area contributed by atoms with E-state index in [1.807, 2.05) is 13.1 Å². The van der Waals surface area contributed by atoms with Gasteiger partial charge in [0.05, 0.1) is 6.10 Å². The van der Waals surface area contributed by atoms with E-state index < -0.39 is 0 Å². The molecule has 2 aromatic rings. The van der Waals surface area contributed by atoms with E-state index in [-0.39, 0.29) is 12.1 Å². The van der Waals surface area contributed by atoms with Crippen LogP contribution in [0.3, 0.4) is 0 Å². The summed E-state index contributed by atoms with van der Waals surface area (Å²) in [5, 5.41) is 21.9. The predicted octanol–water partition coefficient (Wildman–Crippen LogP) is -0.205. The molecule has 0 amide bonds. The molecule has 1 saturated heterocycles. The summed E-state index contributed by atoms with van der Waals surface area (Å²) in [5.41, 5.74) is 1.16. The summed E-state index contributed by atoms with van der Waals surface area (Å²) in [7, 11) is 5.96. The third-order valence-corrected chi connectivity index (χ3v) is 5.34. The van der Waals surface area contributed by atoms with Gasteiger partial charge in [-0.3, -0.25) is 0 Å². The zero-order valence-corrected chi connectivity index (χ0v) is 16.6. The van der Waals surface area contributed by atoms with Gasteiger partial charge in [0.2, 0.25) is 0 Å². The highest BCUT2D eigenvalue weighted by atomic mass is 16.3. The molecule has 2 aliphatic rings. The van der Waals surface area contributed by atoms with Crippen molar-refractivity contribution in [3.05, 3.63) is 24.3 Å². The number of hydrogen-bond donors (Lipinski definition) is 1. The minimum Gasteiger partial charge on any atom is -0.391 e. The quantitative estimate of drug-likeness (QED) is 0.750. The smallest absolute Gasteiger partial charge is 0.177 e. The number of aliphatic hydroxyl groups excluding tert-OH is 1. The lowest BCUT2D eigenvalue weighted by molar-refractivity contribution is 0.191. The van der Waals surface area contributed by atoms with Crippen LogP contribution in [0.25, 0.3) is 5.57 Å².